The average Bonchev–Trinajstić information content (AvgIpc) is 3.67. The third-order valence-electron chi connectivity index (χ3n) is 9.67. The monoisotopic (exact) mass is 612 g/mol. The topological polar surface area (TPSA) is 57.4 Å². The van der Waals surface area contributed by atoms with Crippen molar-refractivity contribution in [2.75, 3.05) is 0 Å². The molecule has 0 saturated heterocycles. The van der Waals surface area contributed by atoms with Gasteiger partial charge in [0.05, 0.1) is 39.9 Å². The highest BCUT2D eigenvalue weighted by Gasteiger charge is 2.22. The van der Waals surface area contributed by atoms with Gasteiger partial charge in [-0.1, -0.05) is 84.9 Å². The fourth-order valence-electron chi connectivity index (χ4n) is 7.52. The molecule has 1 aliphatic rings. The molecule has 4 heteroatoms. The van der Waals surface area contributed by atoms with Crippen LogP contribution in [-0.4, -0.2) is 9.13 Å². The first-order valence-electron chi connectivity index (χ1n) is 16.2. The molecular formula is C44H28N4. The summed E-state index contributed by atoms with van der Waals surface area (Å²) in [4.78, 5) is 0. The fourth-order valence-corrected chi connectivity index (χ4v) is 7.52. The van der Waals surface area contributed by atoms with Crippen LogP contribution in [0.3, 0.4) is 0 Å². The van der Waals surface area contributed by atoms with Gasteiger partial charge in [0.15, 0.2) is 0 Å². The molecule has 2 heterocycles. The Kier molecular flexibility index (Phi) is 6.35. The molecule has 0 N–H and O–H groups in total. The number of hydrogen-bond acceptors (Lipinski definition) is 2. The van der Waals surface area contributed by atoms with E-state index in [0.717, 1.165) is 63.3 Å². The van der Waals surface area contributed by atoms with Gasteiger partial charge >= 0.3 is 0 Å². The van der Waals surface area contributed by atoms with Gasteiger partial charge in [0.25, 0.3) is 0 Å². The van der Waals surface area contributed by atoms with Crippen molar-refractivity contribution in [2.24, 2.45) is 0 Å². The van der Waals surface area contributed by atoms with Crippen molar-refractivity contribution < 1.29 is 0 Å². The Morgan fingerprint density at radius 3 is 1.83 bits per heavy atom. The SMILES string of the molecule is N#CC1=Cc2c(c3ccccc3n2-c2cc(-c3cccc(-n4c5ccccc5c5ccccc54)c3)cc(-c3ccccc3C#N)c2)CC1. The molecule has 0 amide bonds. The second kappa shape index (κ2) is 11.0. The summed E-state index contributed by atoms with van der Waals surface area (Å²) >= 11 is 0. The van der Waals surface area contributed by atoms with Gasteiger partial charge in [-0.2, -0.15) is 10.5 Å². The quantitative estimate of drug-likeness (QED) is 0.199. The highest BCUT2D eigenvalue weighted by atomic mass is 15.0. The van der Waals surface area contributed by atoms with E-state index in [1.54, 1.807) is 0 Å². The van der Waals surface area contributed by atoms with E-state index in [1.807, 2.05) is 24.3 Å². The molecule has 0 atom stereocenters. The van der Waals surface area contributed by atoms with Crippen LogP contribution in [0.25, 0.3) is 72.4 Å². The molecule has 6 aromatic carbocycles. The van der Waals surface area contributed by atoms with E-state index in [4.69, 9.17) is 0 Å². The molecule has 8 aromatic rings. The molecule has 4 nitrogen and oxygen atoms in total. The van der Waals surface area contributed by atoms with Crippen LogP contribution in [0.4, 0.5) is 0 Å². The second-order valence-corrected chi connectivity index (χ2v) is 12.3. The lowest BCUT2D eigenvalue weighted by atomic mass is 9.94. The first kappa shape index (κ1) is 27.7. The summed E-state index contributed by atoms with van der Waals surface area (Å²) in [5, 5.41) is 23.6. The number of aryl methyl sites for hydroxylation is 1. The zero-order chi connectivity index (χ0) is 32.2. The third kappa shape index (κ3) is 4.28. The number of benzene rings is 6. The molecule has 2 aromatic heterocycles. The van der Waals surface area contributed by atoms with Crippen LogP contribution in [0.5, 0.6) is 0 Å². The van der Waals surface area contributed by atoms with Crippen molar-refractivity contribution in [1.82, 2.24) is 9.13 Å². The van der Waals surface area contributed by atoms with Gasteiger partial charge in [-0.15, -0.1) is 0 Å². The van der Waals surface area contributed by atoms with Crippen molar-refractivity contribution in [3.63, 3.8) is 0 Å². The van der Waals surface area contributed by atoms with Crippen LogP contribution in [0.2, 0.25) is 0 Å². The second-order valence-electron chi connectivity index (χ2n) is 12.3. The van der Waals surface area contributed by atoms with Crippen LogP contribution in [0.15, 0.2) is 145 Å². The zero-order valence-corrected chi connectivity index (χ0v) is 26.1. The number of aromatic nitrogens is 2. The molecule has 48 heavy (non-hydrogen) atoms. The van der Waals surface area contributed by atoms with Crippen LogP contribution in [0.1, 0.15) is 23.2 Å². The predicted molar refractivity (Wildman–Crippen MR) is 195 cm³/mol. The van der Waals surface area contributed by atoms with Crippen LogP contribution >= 0.6 is 0 Å². The van der Waals surface area contributed by atoms with Crippen molar-refractivity contribution in [3.8, 4) is 45.8 Å². The minimum Gasteiger partial charge on any atom is -0.310 e. The Balaban J connectivity index is 1.31. The number of nitriles is 2. The number of rotatable bonds is 4. The van der Waals surface area contributed by atoms with Gasteiger partial charge in [-0.25, -0.2) is 0 Å². The number of allylic oxidation sites excluding steroid dienone is 1. The molecule has 0 fully saturated rings. The summed E-state index contributed by atoms with van der Waals surface area (Å²) in [6.07, 6.45) is 3.62. The Morgan fingerprint density at radius 1 is 0.479 bits per heavy atom. The normalized spacial score (nSPS) is 12.5. The summed E-state index contributed by atoms with van der Waals surface area (Å²) in [6, 6.07) is 53.6. The van der Waals surface area contributed by atoms with E-state index in [-0.39, 0.29) is 0 Å². The molecule has 0 saturated carbocycles. The molecule has 0 aliphatic heterocycles. The lowest BCUT2D eigenvalue weighted by Gasteiger charge is -2.17. The number of fused-ring (bicyclic) bond motifs is 6. The minimum atomic E-state index is 0.630. The van der Waals surface area contributed by atoms with Gasteiger partial charge in [-0.05, 0) is 101 Å². The highest BCUT2D eigenvalue weighted by Crippen LogP contribution is 2.39. The maximum atomic E-state index is 10.1. The van der Waals surface area contributed by atoms with Gasteiger partial charge in [0, 0.05) is 33.1 Å². The Labute approximate surface area is 278 Å². The van der Waals surface area contributed by atoms with E-state index in [1.165, 1.54) is 32.8 Å². The largest absolute Gasteiger partial charge is 0.310 e. The molecular weight excluding hydrogens is 585 g/mol. The molecule has 0 unspecified atom stereocenters. The van der Waals surface area contributed by atoms with Gasteiger partial charge in [-0.3, -0.25) is 0 Å². The van der Waals surface area contributed by atoms with E-state index < -0.39 is 0 Å². The van der Waals surface area contributed by atoms with Crippen molar-refractivity contribution in [3.05, 3.63) is 162 Å². The van der Waals surface area contributed by atoms with Crippen molar-refractivity contribution >= 4 is 38.8 Å². The lowest BCUT2D eigenvalue weighted by Crippen LogP contribution is -2.03. The molecule has 9 rings (SSSR count). The van der Waals surface area contributed by atoms with Crippen LogP contribution in [0, 0.1) is 22.7 Å². The van der Waals surface area contributed by atoms with Crippen molar-refractivity contribution in [1.29, 1.82) is 10.5 Å². The van der Waals surface area contributed by atoms with Gasteiger partial charge < -0.3 is 9.13 Å². The fraction of sp³-hybridized carbons (Fsp3) is 0.0455. The molecule has 0 radical (unpaired) electrons. The maximum Gasteiger partial charge on any atom is 0.0998 e. The average molecular weight is 613 g/mol. The van der Waals surface area contributed by atoms with Gasteiger partial charge in [0.1, 0.15) is 0 Å². The van der Waals surface area contributed by atoms with E-state index in [2.05, 4.69) is 143 Å². The molecule has 1 aliphatic carbocycles. The van der Waals surface area contributed by atoms with E-state index >= 15 is 0 Å². The first-order chi connectivity index (χ1) is 23.7. The van der Waals surface area contributed by atoms with Crippen molar-refractivity contribution in [2.45, 2.75) is 12.8 Å². The summed E-state index contributed by atoms with van der Waals surface area (Å²) in [7, 11) is 0. The standard InChI is InChI=1S/C44H28N4/c45-27-29-20-21-40-39-16-5-8-19-43(39)48(44(40)22-29)35-25-32(23-33(26-35)36-13-2-1-10-31(36)28-46)30-11-9-12-34(24-30)47-41-17-6-3-14-37(41)38-15-4-7-18-42(38)47/h1-19,22-26H,20-21H2. The molecule has 0 spiro atoms. The van der Waals surface area contributed by atoms with E-state index in [0.29, 0.717) is 5.56 Å². The number of nitrogens with zero attached hydrogens (tertiary/aromatic N) is 4. The van der Waals surface area contributed by atoms with Gasteiger partial charge in [0.2, 0.25) is 0 Å². The highest BCUT2D eigenvalue weighted by molar-refractivity contribution is 6.09. The smallest absolute Gasteiger partial charge is 0.0998 e. The summed E-state index contributed by atoms with van der Waals surface area (Å²) in [6.45, 7) is 0. The predicted octanol–water partition coefficient (Wildman–Crippen LogP) is 10.8. The number of para-hydroxylation sites is 3. The Morgan fingerprint density at radius 2 is 1.10 bits per heavy atom. The maximum absolute atomic E-state index is 10.1. The molecule has 0 bridgehead atoms. The van der Waals surface area contributed by atoms with Crippen LogP contribution in [-0.2, 0) is 6.42 Å². The Hall–Kier alpha value is -6.62. The summed E-state index contributed by atoms with van der Waals surface area (Å²) < 4.78 is 4.63. The third-order valence-corrected chi connectivity index (χ3v) is 9.67. The number of hydrogen-bond donors (Lipinski definition) is 0. The molecule has 224 valence electrons. The lowest BCUT2D eigenvalue weighted by molar-refractivity contribution is 0.940. The summed E-state index contributed by atoms with van der Waals surface area (Å²) in [5.41, 5.74) is 13.2. The summed E-state index contributed by atoms with van der Waals surface area (Å²) in [5.74, 6) is 0. The minimum absolute atomic E-state index is 0.630. The van der Waals surface area contributed by atoms with E-state index in [9.17, 15) is 10.5 Å². The van der Waals surface area contributed by atoms with Crippen LogP contribution < -0.4 is 0 Å². The Bertz CT molecular complexity index is 2650. The first-order valence-corrected chi connectivity index (χ1v) is 16.2. The zero-order valence-electron chi connectivity index (χ0n) is 26.1.